The quantitative estimate of drug-likeness (QED) is 0.375. The van der Waals surface area contributed by atoms with E-state index in [0.717, 1.165) is 6.07 Å². The van der Waals surface area contributed by atoms with Crippen LogP contribution in [0, 0.1) is 17.3 Å². The van der Waals surface area contributed by atoms with E-state index in [1.54, 1.807) is 0 Å². The zero-order valence-corrected chi connectivity index (χ0v) is 10.7. The smallest absolute Gasteiger partial charge is 0.205 e. The molecule has 1 aromatic rings. The summed E-state index contributed by atoms with van der Waals surface area (Å²) < 4.78 is 50.8. The van der Waals surface area contributed by atoms with Crippen molar-refractivity contribution >= 4 is 8.07 Å². The van der Waals surface area contributed by atoms with Gasteiger partial charge < -0.3 is 0 Å². The summed E-state index contributed by atoms with van der Waals surface area (Å²) in [4.78, 5) is 0. The Morgan fingerprint density at radius 1 is 1.12 bits per heavy atom. The van der Waals surface area contributed by atoms with Crippen LogP contribution in [0.5, 0.6) is 0 Å². The van der Waals surface area contributed by atoms with Gasteiger partial charge in [-0.3, -0.25) is 0 Å². The normalized spacial score (nSPS) is 11.9. The summed E-state index contributed by atoms with van der Waals surface area (Å²) in [6, 6.07) is 3.15. The molecule has 0 N–H and O–H groups in total. The Bertz CT molecular complexity index is 472. The lowest BCUT2D eigenvalue weighted by Crippen LogP contribution is -2.16. The van der Waals surface area contributed by atoms with Crippen LogP contribution < -0.4 is 0 Å². The van der Waals surface area contributed by atoms with Crippen LogP contribution in [0.25, 0.3) is 0 Å². The maximum absolute atomic E-state index is 13.5. The minimum atomic E-state index is -4.68. The van der Waals surface area contributed by atoms with Gasteiger partial charge in [-0.1, -0.05) is 31.6 Å². The fraction of sp³-hybridized carbons (Fsp3) is 0.333. The van der Waals surface area contributed by atoms with Gasteiger partial charge in [0.1, 0.15) is 8.07 Å². The van der Waals surface area contributed by atoms with Crippen molar-refractivity contribution in [3.8, 4) is 11.5 Å². The standard InChI is InChI=1S/C12H12F4Si/c1-17(2,3)8-7-9-5-4-6-10(11(9)13)12(14,15)16/h4-6H,1-3H3. The summed E-state index contributed by atoms with van der Waals surface area (Å²) in [5, 5.41) is 0. The number of alkyl halides is 3. The third-order valence-electron chi connectivity index (χ3n) is 1.88. The zero-order chi connectivity index (χ0) is 13.3. The largest absolute Gasteiger partial charge is 0.419 e. The summed E-state index contributed by atoms with van der Waals surface area (Å²) in [5.74, 6) is 1.22. The van der Waals surface area contributed by atoms with Gasteiger partial charge in [0.15, 0.2) is 5.82 Å². The van der Waals surface area contributed by atoms with E-state index in [-0.39, 0.29) is 5.56 Å². The van der Waals surface area contributed by atoms with Crippen LogP contribution >= 0.6 is 0 Å². The highest BCUT2D eigenvalue weighted by atomic mass is 28.3. The predicted molar refractivity (Wildman–Crippen MR) is 61.6 cm³/mol. The highest BCUT2D eigenvalue weighted by Gasteiger charge is 2.34. The Morgan fingerprint density at radius 2 is 1.71 bits per heavy atom. The van der Waals surface area contributed by atoms with Gasteiger partial charge in [0, 0.05) is 0 Å². The van der Waals surface area contributed by atoms with Crippen molar-refractivity contribution in [2.45, 2.75) is 25.8 Å². The Balaban J connectivity index is 3.24. The molecule has 0 nitrogen and oxygen atoms in total. The van der Waals surface area contributed by atoms with Crippen LogP contribution in [0.2, 0.25) is 19.6 Å². The van der Waals surface area contributed by atoms with Gasteiger partial charge in [0.05, 0.1) is 11.1 Å². The molecule has 0 aliphatic rings. The molecular formula is C12H12F4Si. The molecule has 0 spiro atoms. The Labute approximate surface area is 98.7 Å². The van der Waals surface area contributed by atoms with Gasteiger partial charge in [-0.15, -0.1) is 5.54 Å². The van der Waals surface area contributed by atoms with Gasteiger partial charge >= 0.3 is 6.18 Å². The van der Waals surface area contributed by atoms with E-state index >= 15 is 0 Å². The van der Waals surface area contributed by atoms with E-state index < -0.39 is 25.6 Å². The van der Waals surface area contributed by atoms with Gasteiger partial charge in [0.25, 0.3) is 0 Å². The van der Waals surface area contributed by atoms with Crippen molar-refractivity contribution in [3.63, 3.8) is 0 Å². The zero-order valence-electron chi connectivity index (χ0n) is 9.74. The number of halogens is 4. The summed E-state index contributed by atoms with van der Waals surface area (Å²) in [7, 11) is -1.74. The van der Waals surface area contributed by atoms with Gasteiger partial charge in [-0.05, 0) is 12.1 Å². The van der Waals surface area contributed by atoms with E-state index in [1.807, 2.05) is 19.6 Å². The van der Waals surface area contributed by atoms with Crippen LogP contribution in [0.1, 0.15) is 11.1 Å². The monoisotopic (exact) mass is 260 g/mol. The second-order valence-corrected chi connectivity index (χ2v) is 9.41. The molecule has 0 bridgehead atoms. The average molecular weight is 260 g/mol. The van der Waals surface area contributed by atoms with E-state index in [1.165, 1.54) is 12.1 Å². The Morgan fingerprint density at radius 3 is 2.18 bits per heavy atom. The topological polar surface area (TPSA) is 0 Å². The Kier molecular flexibility index (Phi) is 3.67. The molecule has 0 radical (unpaired) electrons. The van der Waals surface area contributed by atoms with Crippen molar-refractivity contribution < 1.29 is 17.6 Å². The first-order valence-corrected chi connectivity index (χ1v) is 8.50. The van der Waals surface area contributed by atoms with Gasteiger partial charge in [0.2, 0.25) is 0 Å². The predicted octanol–water partition coefficient (Wildman–Crippen LogP) is 4.07. The molecule has 0 amide bonds. The van der Waals surface area contributed by atoms with Gasteiger partial charge in [-0.2, -0.15) is 13.2 Å². The number of hydrogen-bond acceptors (Lipinski definition) is 0. The average Bonchev–Trinajstić information content (AvgIpc) is 2.13. The fourth-order valence-corrected chi connectivity index (χ4v) is 1.61. The molecule has 0 aromatic heterocycles. The molecule has 1 aromatic carbocycles. The molecule has 1 rings (SSSR count). The van der Waals surface area contributed by atoms with Crippen LogP contribution in [0.3, 0.4) is 0 Å². The minimum Gasteiger partial charge on any atom is -0.205 e. The fourth-order valence-electron chi connectivity index (χ4n) is 1.10. The first-order valence-electron chi connectivity index (χ1n) is 5.00. The molecule has 0 fully saturated rings. The van der Waals surface area contributed by atoms with E-state index in [0.29, 0.717) is 0 Å². The molecule has 5 heteroatoms. The van der Waals surface area contributed by atoms with Crippen molar-refractivity contribution in [3.05, 3.63) is 35.1 Å². The number of benzene rings is 1. The SMILES string of the molecule is C[Si](C)(C)C#Cc1cccc(C(F)(F)F)c1F. The first-order chi connectivity index (χ1) is 7.61. The lowest BCUT2D eigenvalue weighted by atomic mass is 10.1. The second kappa shape index (κ2) is 4.53. The number of hydrogen-bond donors (Lipinski definition) is 0. The molecule has 0 unspecified atom stereocenters. The van der Waals surface area contributed by atoms with Crippen LogP contribution in [0.15, 0.2) is 18.2 Å². The molecule has 0 aliphatic heterocycles. The maximum Gasteiger partial charge on any atom is 0.419 e. The van der Waals surface area contributed by atoms with Crippen molar-refractivity contribution in [2.24, 2.45) is 0 Å². The van der Waals surface area contributed by atoms with Crippen LogP contribution in [0.4, 0.5) is 17.6 Å². The summed E-state index contributed by atoms with van der Waals surface area (Å²) in [5.41, 5.74) is 1.38. The van der Waals surface area contributed by atoms with E-state index in [2.05, 4.69) is 11.5 Å². The summed E-state index contributed by atoms with van der Waals surface area (Å²) in [6.07, 6.45) is -4.68. The highest BCUT2D eigenvalue weighted by Crippen LogP contribution is 2.32. The second-order valence-electron chi connectivity index (χ2n) is 4.66. The third kappa shape index (κ3) is 3.90. The number of rotatable bonds is 0. The maximum atomic E-state index is 13.5. The van der Waals surface area contributed by atoms with Crippen molar-refractivity contribution in [1.29, 1.82) is 0 Å². The molecule has 0 heterocycles. The molecule has 0 atom stereocenters. The van der Waals surface area contributed by atoms with Crippen LogP contribution in [-0.2, 0) is 6.18 Å². The molecule has 0 saturated carbocycles. The third-order valence-corrected chi connectivity index (χ3v) is 2.75. The molecule has 17 heavy (non-hydrogen) atoms. The van der Waals surface area contributed by atoms with E-state index in [4.69, 9.17) is 0 Å². The summed E-state index contributed by atoms with van der Waals surface area (Å²) in [6.45, 7) is 5.81. The van der Waals surface area contributed by atoms with Crippen molar-refractivity contribution in [2.75, 3.05) is 0 Å². The minimum absolute atomic E-state index is 0.192. The van der Waals surface area contributed by atoms with Gasteiger partial charge in [-0.25, -0.2) is 4.39 Å². The Hall–Kier alpha value is -1.28. The summed E-state index contributed by atoms with van der Waals surface area (Å²) >= 11 is 0. The van der Waals surface area contributed by atoms with Crippen molar-refractivity contribution in [1.82, 2.24) is 0 Å². The first kappa shape index (κ1) is 13.8. The molecular weight excluding hydrogens is 248 g/mol. The molecule has 92 valence electrons. The van der Waals surface area contributed by atoms with E-state index in [9.17, 15) is 17.6 Å². The lowest BCUT2D eigenvalue weighted by Gasteiger charge is -2.09. The van der Waals surface area contributed by atoms with Crippen LogP contribution in [-0.4, -0.2) is 8.07 Å². The molecule has 0 aliphatic carbocycles. The lowest BCUT2D eigenvalue weighted by molar-refractivity contribution is -0.140. The highest BCUT2D eigenvalue weighted by molar-refractivity contribution is 6.83. The molecule has 0 saturated heterocycles.